The molecule has 0 N–H and O–H groups in total. The molecule has 0 spiro atoms. The molecule has 2 rings (SSSR count). The van der Waals surface area contributed by atoms with Crippen molar-refractivity contribution in [3.8, 4) is 0 Å². The highest BCUT2D eigenvalue weighted by atomic mass is 16.6. The van der Waals surface area contributed by atoms with Crippen LogP contribution < -0.4 is 0 Å². The summed E-state index contributed by atoms with van der Waals surface area (Å²) >= 11 is 0. The summed E-state index contributed by atoms with van der Waals surface area (Å²) in [4.78, 5) is 11.0. The zero-order valence-corrected chi connectivity index (χ0v) is 12.9. The molecular weight excluding hydrogens is 262 g/mol. The summed E-state index contributed by atoms with van der Waals surface area (Å²) in [6.07, 6.45) is 13.8. The number of nitro benzene ring substituents is 1. The van der Waals surface area contributed by atoms with Crippen LogP contribution in [0.5, 0.6) is 0 Å². The first-order valence-electron chi connectivity index (χ1n) is 8.43. The monoisotopic (exact) mass is 288 g/mol. The van der Waals surface area contributed by atoms with E-state index in [9.17, 15) is 10.1 Å². The highest BCUT2D eigenvalue weighted by Crippen LogP contribution is 2.34. The highest BCUT2D eigenvalue weighted by molar-refractivity contribution is 5.41. The highest BCUT2D eigenvalue weighted by Gasteiger charge is 2.21. The number of nitro groups is 1. The zero-order valence-electron chi connectivity index (χ0n) is 12.9. The molecule has 1 radical (unpaired) electrons. The summed E-state index contributed by atoms with van der Waals surface area (Å²) in [5.41, 5.74) is 1.19. The Morgan fingerprint density at radius 1 is 0.952 bits per heavy atom. The van der Waals surface area contributed by atoms with Crippen LogP contribution in [0.15, 0.2) is 18.2 Å². The Labute approximate surface area is 127 Å². The molecule has 115 valence electrons. The van der Waals surface area contributed by atoms with E-state index in [1.54, 1.807) is 0 Å². The first-order valence-corrected chi connectivity index (χ1v) is 8.43. The number of benzene rings is 1. The zero-order chi connectivity index (χ0) is 14.9. The summed E-state index contributed by atoms with van der Waals surface area (Å²) in [5.74, 6) is 0.347. The maximum atomic E-state index is 11.2. The molecule has 0 saturated heterocycles. The molecule has 21 heavy (non-hydrogen) atoms. The Bertz CT molecular complexity index is 433. The van der Waals surface area contributed by atoms with Gasteiger partial charge < -0.3 is 0 Å². The summed E-state index contributed by atoms with van der Waals surface area (Å²) in [6.45, 7) is 0. The molecule has 1 aliphatic rings. The number of rotatable bonds is 2. The second-order valence-corrected chi connectivity index (χ2v) is 6.20. The van der Waals surface area contributed by atoms with Crippen LogP contribution in [0, 0.1) is 16.2 Å². The van der Waals surface area contributed by atoms with Crippen molar-refractivity contribution >= 4 is 5.69 Å². The van der Waals surface area contributed by atoms with Gasteiger partial charge >= 0.3 is 0 Å². The Hall–Kier alpha value is -1.38. The van der Waals surface area contributed by atoms with E-state index in [1.165, 1.54) is 63.9 Å². The van der Waals surface area contributed by atoms with Gasteiger partial charge in [-0.2, -0.15) is 0 Å². The number of hydrogen-bond donors (Lipinski definition) is 0. The van der Waals surface area contributed by atoms with Gasteiger partial charge in [0.25, 0.3) is 5.69 Å². The lowest BCUT2D eigenvalue weighted by atomic mass is 9.86. The van der Waals surface area contributed by atoms with Crippen LogP contribution in [0.25, 0.3) is 0 Å². The Balaban J connectivity index is 2.08. The third kappa shape index (κ3) is 5.14. The van der Waals surface area contributed by atoms with Crippen molar-refractivity contribution < 1.29 is 4.92 Å². The molecule has 0 heterocycles. The van der Waals surface area contributed by atoms with E-state index in [-0.39, 0.29) is 10.6 Å². The smallest absolute Gasteiger partial charge is 0.258 e. The lowest BCUT2D eigenvalue weighted by molar-refractivity contribution is -0.385. The molecule has 1 aromatic carbocycles. The molecule has 3 heteroatoms. The Kier molecular flexibility index (Phi) is 6.71. The third-order valence-corrected chi connectivity index (χ3v) is 4.62. The van der Waals surface area contributed by atoms with E-state index in [2.05, 4.69) is 6.07 Å². The largest absolute Gasteiger partial charge is 0.273 e. The average Bonchev–Trinajstić information content (AvgIpc) is 2.48. The van der Waals surface area contributed by atoms with Crippen molar-refractivity contribution in [2.75, 3.05) is 0 Å². The average molecular weight is 288 g/mol. The minimum absolute atomic E-state index is 0.248. The molecule has 1 aliphatic carbocycles. The van der Waals surface area contributed by atoms with Gasteiger partial charge in [0.2, 0.25) is 0 Å². The third-order valence-electron chi connectivity index (χ3n) is 4.62. The van der Waals surface area contributed by atoms with E-state index >= 15 is 0 Å². The second kappa shape index (κ2) is 8.81. The standard InChI is InChI=1S/C18H26NO2/c20-19(21)18-15-11-10-14-17(18)16-12-8-6-4-2-1-3-5-7-9-13-16/h10,14-16H,1-9,12-13H2. The first-order chi connectivity index (χ1) is 10.3. The van der Waals surface area contributed by atoms with Crippen LogP contribution in [-0.2, 0) is 0 Å². The van der Waals surface area contributed by atoms with Crippen LogP contribution in [0.2, 0.25) is 0 Å². The molecular formula is C18H26NO2. The summed E-state index contributed by atoms with van der Waals surface area (Å²) in [6, 6.07) is 8.11. The normalized spacial score (nSPS) is 19.4. The second-order valence-electron chi connectivity index (χ2n) is 6.20. The maximum Gasteiger partial charge on any atom is 0.273 e. The van der Waals surface area contributed by atoms with Crippen molar-refractivity contribution in [2.45, 2.75) is 76.5 Å². The van der Waals surface area contributed by atoms with Crippen LogP contribution in [-0.4, -0.2) is 4.92 Å². The molecule has 0 atom stereocenters. The van der Waals surface area contributed by atoms with E-state index in [1.807, 2.05) is 12.1 Å². The lowest BCUT2D eigenvalue weighted by Gasteiger charge is -2.18. The quantitative estimate of drug-likeness (QED) is 0.511. The van der Waals surface area contributed by atoms with Crippen LogP contribution in [0.3, 0.4) is 0 Å². The van der Waals surface area contributed by atoms with Crippen LogP contribution >= 0.6 is 0 Å². The van der Waals surface area contributed by atoms with Gasteiger partial charge in [0.05, 0.1) is 4.92 Å². The molecule has 1 aromatic rings. The maximum absolute atomic E-state index is 11.2. The van der Waals surface area contributed by atoms with Gasteiger partial charge in [-0.3, -0.25) is 10.1 Å². The lowest BCUT2D eigenvalue weighted by Crippen LogP contribution is -2.04. The van der Waals surface area contributed by atoms with E-state index < -0.39 is 0 Å². The van der Waals surface area contributed by atoms with Gasteiger partial charge in [0, 0.05) is 11.6 Å². The Morgan fingerprint density at radius 2 is 1.48 bits per heavy atom. The van der Waals surface area contributed by atoms with Crippen LogP contribution in [0.4, 0.5) is 5.69 Å². The summed E-state index contributed by atoms with van der Waals surface area (Å²) < 4.78 is 0. The first kappa shape index (κ1) is 16.0. The summed E-state index contributed by atoms with van der Waals surface area (Å²) in [7, 11) is 0. The molecule has 1 fully saturated rings. The SMILES string of the molecule is O=[N+]([O-])c1c[c]ccc1C1CCCCCCCCCCC1. The predicted molar refractivity (Wildman–Crippen MR) is 85.5 cm³/mol. The molecule has 1 saturated carbocycles. The minimum atomic E-state index is -0.248. The van der Waals surface area contributed by atoms with Gasteiger partial charge in [-0.25, -0.2) is 0 Å². The van der Waals surface area contributed by atoms with Crippen molar-refractivity contribution in [3.05, 3.63) is 39.9 Å². The minimum Gasteiger partial charge on any atom is -0.258 e. The topological polar surface area (TPSA) is 43.1 Å². The fourth-order valence-corrected chi connectivity index (χ4v) is 3.41. The van der Waals surface area contributed by atoms with E-state index in [0.717, 1.165) is 18.4 Å². The number of nitrogens with zero attached hydrogens (tertiary/aromatic N) is 1. The molecule has 0 bridgehead atoms. The van der Waals surface area contributed by atoms with Gasteiger partial charge in [-0.15, -0.1) is 0 Å². The van der Waals surface area contributed by atoms with Gasteiger partial charge in [0.1, 0.15) is 0 Å². The molecule has 0 aromatic heterocycles. The van der Waals surface area contributed by atoms with Gasteiger partial charge in [-0.1, -0.05) is 69.9 Å². The van der Waals surface area contributed by atoms with E-state index in [0.29, 0.717) is 5.92 Å². The van der Waals surface area contributed by atoms with Crippen molar-refractivity contribution in [3.63, 3.8) is 0 Å². The van der Waals surface area contributed by atoms with Crippen molar-refractivity contribution in [1.82, 2.24) is 0 Å². The molecule has 3 nitrogen and oxygen atoms in total. The van der Waals surface area contributed by atoms with Crippen LogP contribution in [0.1, 0.15) is 82.1 Å². The van der Waals surface area contributed by atoms with Crippen molar-refractivity contribution in [2.24, 2.45) is 0 Å². The fraction of sp³-hybridized carbons (Fsp3) is 0.667. The van der Waals surface area contributed by atoms with Gasteiger partial charge in [-0.05, 0) is 24.8 Å². The van der Waals surface area contributed by atoms with Gasteiger partial charge in [0.15, 0.2) is 0 Å². The molecule has 0 aliphatic heterocycles. The van der Waals surface area contributed by atoms with Crippen molar-refractivity contribution in [1.29, 1.82) is 0 Å². The molecule has 0 unspecified atom stereocenters. The number of hydrogen-bond acceptors (Lipinski definition) is 2. The van der Waals surface area contributed by atoms with E-state index in [4.69, 9.17) is 0 Å². The Morgan fingerprint density at radius 3 is 2.00 bits per heavy atom. The molecule has 0 amide bonds. The summed E-state index contributed by atoms with van der Waals surface area (Å²) in [5, 5.41) is 11.2. The predicted octanol–water partition coefficient (Wildman–Crippen LogP) is 5.78. The fourth-order valence-electron chi connectivity index (χ4n) is 3.41.